The molecule has 0 aromatic rings. The van der Waals surface area contributed by atoms with Crippen LogP contribution in [0.5, 0.6) is 0 Å². The van der Waals surface area contributed by atoms with Crippen molar-refractivity contribution in [2.24, 2.45) is 0 Å². The molecule has 0 fully saturated rings. The third-order valence-electron chi connectivity index (χ3n) is 4.86. The molecule has 0 saturated heterocycles. The van der Waals surface area contributed by atoms with Gasteiger partial charge in [0.2, 0.25) is 0 Å². The van der Waals surface area contributed by atoms with Gasteiger partial charge >= 0.3 is 0 Å². The molecule has 0 aliphatic carbocycles. The Morgan fingerprint density at radius 3 is 1.45 bits per heavy atom. The molecule has 0 aliphatic heterocycles. The summed E-state index contributed by atoms with van der Waals surface area (Å²) in [6.45, 7) is 12.5. The summed E-state index contributed by atoms with van der Waals surface area (Å²) in [6.07, 6.45) is 4.45. The summed E-state index contributed by atoms with van der Waals surface area (Å²) in [5.41, 5.74) is 0. The van der Waals surface area contributed by atoms with E-state index in [1.165, 1.54) is 0 Å². The second-order valence-electron chi connectivity index (χ2n) is 7.80. The third-order valence-corrected chi connectivity index (χ3v) is 4.86. The fourth-order valence-electron chi connectivity index (χ4n) is 2.95. The zero-order chi connectivity index (χ0) is 21.9. The van der Waals surface area contributed by atoms with Crippen LogP contribution in [0.4, 0.5) is 0 Å². The van der Waals surface area contributed by atoms with E-state index >= 15 is 0 Å². The standard InChI is InChI=1S/C23H48O6/c1-6-10-14-26-18-20(25)22(28-16-12-8-3)23(29-17-13-9-4)21(19(5)24)27-15-11-7-2/h19-25H,6-18H2,1-5H3/t19?,20-,21+,22-,23-/m1/s1. The summed E-state index contributed by atoms with van der Waals surface area (Å²) < 4.78 is 23.9. The third kappa shape index (κ3) is 13.6. The summed E-state index contributed by atoms with van der Waals surface area (Å²) in [4.78, 5) is 0. The number of hydrogen-bond donors (Lipinski definition) is 2. The van der Waals surface area contributed by atoms with Crippen molar-refractivity contribution < 1.29 is 29.2 Å². The summed E-state index contributed by atoms with van der Waals surface area (Å²) in [5, 5.41) is 21.3. The van der Waals surface area contributed by atoms with E-state index in [9.17, 15) is 10.2 Å². The van der Waals surface area contributed by atoms with Crippen LogP contribution in [0.1, 0.15) is 86.0 Å². The van der Waals surface area contributed by atoms with Crippen LogP contribution in [-0.4, -0.2) is 73.8 Å². The van der Waals surface area contributed by atoms with Gasteiger partial charge in [0.15, 0.2) is 0 Å². The number of rotatable bonds is 21. The molecule has 0 saturated carbocycles. The van der Waals surface area contributed by atoms with Crippen molar-refractivity contribution in [3.8, 4) is 0 Å². The maximum atomic E-state index is 10.9. The van der Waals surface area contributed by atoms with Crippen molar-refractivity contribution in [3.63, 3.8) is 0 Å². The minimum Gasteiger partial charge on any atom is -0.391 e. The van der Waals surface area contributed by atoms with Gasteiger partial charge in [0, 0.05) is 26.4 Å². The largest absolute Gasteiger partial charge is 0.391 e. The van der Waals surface area contributed by atoms with Gasteiger partial charge in [0.1, 0.15) is 24.4 Å². The summed E-state index contributed by atoms with van der Waals surface area (Å²) in [5.74, 6) is 0. The van der Waals surface area contributed by atoms with Crippen molar-refractivity contribution in [2.75, 3.05) is 33.0 Å². The molecule has 176 valence electrons. The Morgan fingerprint density at radius 2 is 1.00 bits per heavy atom. The minimum absolute atomic E-state index is 0.186. The van der Waals surface area contributed by atoms with Crippen molar-refractivity contribution in [1.29, 1.82) is 0 Å². The van der Waals surface area contributed by atoms with Gasteiger partial charge in [0.25, 0.3) is 0 Å². The number of unbranched alkanes of at least 4 members (excludes halogenated alkanes) is 4. The molecule has 0 aliphatic rings. The highest BCUT2D eigenvalue weighted by Crippen LogP contribution is 2.21. The molecule has 0 radical (unpaired) electrons. The van der Waals surface area contributed by atoms with E-state index < -0.39 is 30.5 Å². The lowest BCUT2D eigenvalue weighted by Gasteiger charge is -2.37. The van der Waals surface area contributed by atoms with Crippen LogP contribution in [0.2, 0.25) is 0 Å². The van der Waals surface area contributed by atoms with Gasteiger partial charge in [-0.2, -0.15) is 0 Å². The Morgan fingerprint density at radius 1 is 0.586 bits per heavy atom. The van der Waals surface area contributed by atoms with Gasteiger partial charge in [-0.15, -0.1) is 0 Å². The summed E-state index contributed by atoms with van der Waals surface area (Å²) >= 11 is 0. The number of aliphatic hydroxyl groups excluding tert-OH is 2. The quantitative estimate of drug-likeness (QED) is 0.272. The molecule has 0 aromatic carbocycles. The maximum Gasteiger partial charge on any atom is 0.115 e. The number of ether oxygens (including phenoxy) is 4. The van der Waals surface area contributed by atoms with E-state index in [4.69, 9.17) is 18.9 Å². The van der Waals surface area contributed by atoms with E-state index in [1.54, 1.807) is 6.92 Å². The van der Waals surface area contributed by atoms with Gasteiger partial charge in [-0.1, -0.05) is 53.4 Å². The first-order valence-corrected chi connectivity index (χ1v) is 11.8. The van der Waals surface area contributed by atoms with E-state index in [0.29, 0.717) is 26.4 Å². The summed E-state index contributed by atoms with van der Waals surface area (Å²) in [7, 11) is 0. The first-order valence-electron chi connectivity index (χ1n) is 11.8. The van der Waals surface area contributed by atoms with E-state index in [0.717, 1.165) is 51.4 Å². The molecule has 0 rings (SSSR count). The molecule has 5 atom stereocenters. The van der Waals surface area contributed by atoms with Gasteiger partial charge in [-0.25, -0.2) is 0 Å². The van der Waals surface area contributed by atoms with Crippen LogP contribution in [0.3, 0.4) is 0 Å². The van der Waals surface area contributed by atoms with Crippen LogP contribution in [-0.2, 0) is 18.9 Å². The SMILES string of the molecule is CCCCOC[C@@H](O)[C@@H](OCCCC)[C@H](OCCCC)[C@@H](OCCCC)C(C)O. The Bertz CT molecular complexity index is 339. The monoisotopic (exact) mass is 420 g/mol. The Kier molecular flexibility index (Phi) is 19.5. The van der Waals surface area contributed by atoms with Crippen LogP contribution < -0.4 is 0 Å². The molecule has 0 amide bonds. The Labute approximate surface area is 179 Å². The molecular formula is C23H48O6. The van der Waals surface area contributed by atoms with Gasteiger partial charge in [0.05, 0.1) is 12.7 Å². The molecule has 6 heteroatoms. The molecule has 0 bridgehead atoms. The van der Waals surface area contributed by atoms with Crippen LogP contribution in [0.25, 0.3) is 0 Å². The van der Waals surface area contributed by atoms with Crippen molar-refractivity contribution in [3.05, 3.63) is 0 Å². The number of aliphatic hydroxyl groups is 2. The molecule has 0 spiro atoms. The first-order chi connectivity index (χ1) is 14.0. The van der Waals surface area contributed by atoms with E-state index in [-0.39, 0.29) is 6.61 Å². The first kappa shape index (κ1) is 28.8. The average Bonchev–Trinajstić information content (AvgIpc) is 2.70. The van der Waals surface area contributed by atoms with Gasteiger partial charge in [-0.3, -0.25) is 0 Å². The Balaban J connectivity index is 5.33. The van der Waals surface area contributed by atoms with Crippen LogP contribution in [0, 0.1) is 0 Å². The summed E-state index contributed by atoms with van der Waals surface area (Å²) in [6, 6.07) is 0. The molecule has 29 heavy (non-hydrogen) atoms. The highest BCUT2D eigenvalue weighted by molar-refractivity contribution is 4.88. The maximum absolute atomic E-state index is 10.9. The normalized spacial score (nSPS) is 17.1. The Hall–Kier alpha value is -0.240. The zero-order valence-corrected chi connectivity index (χ0v) is 19.6. The zero-order valence-electron chi connectivity index (χ0n) is 19.6. The smallest absolute Gasteiger partial charge is 0.115 e. The van der Waals surface area contributed by atoms with Gasteiger partial charge in [-0.05, 0) is 32.6 Å². The van der Waals surface area contributed by atoms with E-state index in [1.807, 2.05) is 0 Å². The fourth-order valence-corrected chi connectivity index (χ4v) is 2.95. The highest BCUT2D eigenvalue weighted by atomic mass is 16.6. The van der Waals surface area contributed by atoms with Crippen molar-refractivity contribution in [1.82, 2.24) is 0 Å². The van der Waals surface area contributed by atoms with Crippen molar-refractivity contribution in [2.45, 2.75) is 117 Å². The minimum atomic E-state index is -0.841. The second-order valence-corrected chi connectivity index (χ2v) is 7.80. The lowest BCUT2D eigenvalue weighted by molar-refractivity contribution is -0.195. The molecule has 2 N–H and O–H groups in total. The molecule has 6 nitrogen and oxygen atoms in total. The topological polar surface area (TPSA) is 77.4 Å². The molecular weight excluding hydrogens is 372 g/mol. The fraction of sp³-hybridized carbons (Fsp3) is 1.00. The van der Waals surface area contributed by atoms with Crippen LogP contribution >= 0.6 is 0 Å². The van der Waals surface area contributed by atoms with E-state index in [2.05, 4.69) is 27.7 Å². The number of hydrogen-bond acceptors (Lipinski definition) is 6. The highest BCUT2D eigenvalue weighted by Gasteiger charge is 2.39. The average molecular weight is 421 g/mol. The predicted molar refractivity (Wildman–Crippen MR) is 117 cm³/mol. The lowest BCUT2D eigenvalue weighted by Crippen LogP contribution is -2.53. The lowest BCUT2D eigenvalue weighted by atomic mass is 9.99. The van der Waals surface area contributed by atoms with Crippen molar-refractivity contribution >= 4 is 0 Å². The molecule has 0 aromatic heterocycles. The van der Waals surface area contributed by atoms with Crippen LogP contribution in [0.15, 0.2) is 0 Å². The second kappa shape index (κ2) is 19.7. The van der Waals surface area contributed by atoms with Gasteiger partial charge < -0.3 is 29.2 Å². The molecule has 0 heterocycles. The predicted octanol–water partition coefficient (Wildman–Crippen LogP) is 4.10. The molecule has 1 unspecified atom stereocenters.